The van der Waals surface area contributed by atoms with Crippen LogP contribution in [0.4, 0.5) is 5.82 Å². The molecule has 0 spiro atoms. The maximum absolute atomic E-state index is 12.2. The molecule has 7 heteroatoms. The number of rotatable bonds is 3. The predicted molar refractivity (Wildman–Crippen MR) is 71.9 cm³/mol. The fourth-order valence-electron chi connectivity index (χ4n) is 2.78. The number of fused-ring (bicyclic) bond motifs is 1. The lowest BCUT2D eigenvalue weighted by Gasteiger charge is -2.14. The van der Waals surface area contributed by atoms with E-state index >= 15 is 0 Å². The van der Waals surface area contributed by atoms with Crippen LogP contribution in [-0.2, 0) is 14.4 Å². The molecule has 1 aliphatic heterocycles. The van der Waals surface area contributed by atoms with Crippen molar-refractivity contribution in [3.8, 4) is 0 Å². The maximum atomic E-state index is 12.2. The van der Waals surface area contributed by atoms with Crippen LogP contribution in [0.3, 0.4) is 0 Å². The number of aryl methyl sites for hydroxylation is 1. The van der Waals surface area contributed by atoms with E-state index in [4.69, 9.17) is 4.52 Å². The molecule has 0 radical (unpaired) electrons. The predicted octanol–water partition coefficient (Wildman–Crippen LogP) is 0.873. The van der Waals surface area contributed by atoms with Crippen molar-refractivity contribution in [2.45, 2.75) is 19.8 Å². The van der Waals surface area contributed by atoms with E-state index in [1.807, 2.05) is 12.2 Å². The van der Waals surface area contributed by atoms with E-state index in [0.717, 1.165) is 4.90 Å². The number of imide groups is 1. The number of nitrogens with zero attached hydrogens (tertiary/aromatic N) is 2. The molecule has 7 nitrogen and oxygen atoms in total. The van der Waals surface area contributed by atoms with Crippen molar-refractivity contribution >= 4 is 23.5 Å². The normalized spacial score (nSPS) is 24.3. The number of carbonyl (C=O) groups excluding carboxylic acids is 3. The van der Waals surface area contributed by atoms with Crippen molar-refractivity contribution in [2.75, 3.05) is 11.9 Å². The van der Waals surface area contributed by atoms with E-state index in [9.17, 15) is 14.4 Å². The van der Waals surface area contributed by atoms with Gasteiger partial charge in [-0.05, 0) is 19.8 Å². The molecule has 110 valence electrons. The Morgan fingerprint density at radius 1 is 1.33 bits per heavy atom. The highest BCUT2D eigenvalue weighted by atomic mass is 16.5. The summed E-state index contributed by atoms with van der Waals surface area (Å²) in [6, 6.07) is 1.56. The number of aromatic nitrogens is 1. The number of hydrogen-bond acceptors (Lipinski definition) is 5. The second-order valence-corrected chi connectivity index (χ2v) is 5.29. The molecule has 1 N–H and O–H groups in total. The summed E-state index contributed by atoms with van der Waals surface area (Å²) < 4.78 is 4.83. The lowest BCUT2D eigenvalue weighted by atomic mass is 9.85. The largest absolute Gasteiger partial charge is 0.360 e. The van der Waals surface area contributed by atoms with Crippen molar-refractivity contribution in [3.05, 3.63) is 24.0 Å². The standard InChI is InChI=1S/C14H15N3O4/c1-8-6-11(16-21-8)15-12(18)7-17-13(19)9-4-2-3-5-10(9)14(17)20/h2-3,6,9-10H,4-5,7H2,1H3,(H,15,16,18)/t9-,10+. The monoisotopic (exact) mass is 289 g/mol. The number of likely N-dealkylation sites (tertiary alicyclic amines) is 1. The second-order valence-electron chi connectivity index (χ2n) is 5.29. The van der Waals surface area contributed by atoms with Gasteiger partial charge in [-0.1, -0.05) is 17.3 Å². The molecular weight excluding hydrogens is 274 g/mol. The van der Waals surface area contributed by atoms with Gasteiger partial charge in [0.05, 0.1) is 11.8 Å². The molecule has 1 saturated heterocycles. The van der Waals surface area contributed by atoms with Crippen molar-refractivity contribution < 1.29 is 18.9 Å². The Kier molecular flexibility index (Phi) is 3.32. The Labute approximate surface area is 121 Å². The summed E-state index contributed by atoms with van der Waals surface area (Å²) >= 11 is 0. The Balaban J connectivity index is 1.66. The number of allylic oxidation sites excluding steroid dienone is 2. The lowest BCUT2D eigenvalue weighted by Crippen LogP contribution is -2.38. The molecule has 1 aromatic rings. The average molecular weight is 289 g/mol. The molecule has 0 saturated carbocycles. The van der Waals surface area contributed by atoms with Gasteiger partial charge in [0.25, 0.3) is 0 Å². The van der Waals surface area contributed by atoms with Crippen LogP contribution >= 0.6 is 0 Å². The minimum atomic E-state index is -0.461. The van der Waals surface area contributed by atoms with Crippen molar-refractivity contribution in [2.24, 2.45) is 11.8 Å². The first-order chi connectivity index (χ1) is 10.1. The maximum Gasteiger partial charge on any atom is 0.245 e. The zero-order valence-electron chi connectivity index (χ0n) is 11.5. The van der Waals surface area contributed by atoms with E-state index in [0.29, 0.717) is 18.6 Å². The van der Waals surface area contributed by atoms with Crippen LogP contribution in [0.25, 0.3) is 0 Å². The second kappa shape index (κ2) is 5.16. The molecule has 0 aromatic carbocycles. The van der Waals surface area contributed by atoms with Gasteiger partial charge in [0.2, 0.25) is 17.7 Å². The molecule has 2 heterocycles. The fraction of sp³-hybridized carbons (Fsp3) is 0.429. The molecule has 3 rings (SSSR count). The molecule has 0 bridgehead atoms. The van der Waals surface area contributed by atoms with Gasteiger partial charge < -0.3 is 9.84 Å². The Morgan fingerprint density at radius 2 is 1.95 bits per heavy atom. The van der Waals surface area contributed by atoms with Gasteiger partial charge in [-0.25, -0.2) is 0 Å². The van der Waals surface area contributed by atoms with Crippen molar-refractivity contribution in [3.63, 3.8) is 0 Å². The minimum absolute atomic E-state index is 0.263. The summed E-state index contributed by atoms with van der Waals surface area (Å²) in [5.74, 6) is -0.779. The number of hydrogen-bond donors (Lipinski definition) is 1. The van der Waals surface area contributed by atoms with Crippen LogP contribution in [0.1, 0.15) is 18.6 Å². The topological polar surface area (TPSA) is 92.5 Å². The summed E-state index contributed by atoms with van der Waals surface area (Å²) in [5, 5.41) is 6.14. The first kappa shape index (κ1) is 13.5. The van der Waals surface area contributed by atoms with Gasteiger partial charge in [-0.3, -0.25) is 19.3 Å². The van der Waals surface area contributed by atoms with E-state index in [1.54, 1.807) is 13.0 Å². The SMILES string of the molecule is Cc1cc(NC(=O)CN2C(=O)[C@H]3CC=CC[C@H]3C2=O)no1. The molecule has 2 aliphatic rings. The molecule has 2 atom stereocenters. The van der Waals surface area contributed by atoms with Crippen LogP contribution in [0, 0.1) is 18.8 Å². The number of carbonyl (C=O) groups is 3. The van der Waals surface area contributed by atoms with E-state index < -0.39 is 5.91 Å². The van der Waals surface area contributed by atoms with Gasteiger partial charge in [0, 0.05) is 6.07 Å². The third-order valence-electron chi connectivity index (χ3n) is 3.80. The summed E-state index contributed by atoms with van der Waals surface area (Å²) in [6.07, 6.45) is 4.95. The molecule has 1 aliphatic carbocycles. The third kappa shape index (κ3) is 2.46. The third-order valence-corrected chi connectivity index (χ3v) is 3.80. The zero-order chi connectivity index (χ0) is 15.0. The van der Waals surface area contributed by atoms with Crippen LogP contribution in [0.15, 0.2) is 22.7 Å². The molecule has 1 aromatic heterocycles. The summed E-state index contributed by atoms with van der Waals surface area (Å²) in [7, 11) is 0. The van der Waals surface area contributed by atoms with Crippen LogP contribution in [-0.4, -0.2) is 34.3 Å². The smallest absolute Gasteiger partial charge is 0.245 e. The summed E-state index contributed by atoms with van der Waals surface area (Å²) in [5.41, 5.74) is 0. The minimum Gasteiger partial charge on any atom is -0.360 e. The van der Waals surface area contributed by atoms with Gasteiger partial charge in [-0.15, -0.1) is 0 Å². The Morgan fingerprint density at radius 3 is 2.48 bits per heavy atom. The molecular formula is C14H15N3O4. The first-order valence-electron chi connectivity index (χ1n) is 6.79. The summed E-state index contributed by atoms with van der Waals surface area (Å²) in [6.45, 7) is 1.42. The van der Waals surface area contributed by atoms with Crippen molar-refractivity contribution in [1.82, 2.24) is 10.1 Å². The Hall–Kier alpha value is -2.44. The van der Waals surface area contributed by atoms with Crippen LogP contribution in [0.5, 0.6) is 0 Å². The fourth-order valence-corrected chi connectivity index (χ4v) is 2.78. The van der Waals surface area contributed by atoms with E-state index in [2.05, 4.69) is 10.5 Å². The molecule has 0 unspecified atom stereocenters. The van der Waals surface area contributed by atoms with E-state index in [1.165, 1.54) is 0 Å². The molecule has 21 heavy (non-hydrogen) atoms. The first-order valence-corrected chi connectivity index (χ1v) is 6.79. The van der Waals surface area contributed by atoms with Crippen LogP contribution in [0.2, 0.25) is 0 Å². The highest BCUT2D eigenvalue weighted by Gasteiger charge is 2.47. The molecule has 3 amide bonds. The van der Waals surface area contributed by atoms with Crippen LogP contribution < -0.4 is 5.32 Å². The Bertz CT molecular complexity index is 608. The van der Waals surface area contributed by atoms with Crippen molar-refractivity contribution in [1.29, 1.82) is 0 Å². The highest BCUT2D eigenvalue weighted by Crippen LogP contribution is 2.34. The zero-order valence-corrected chi connectivity index (χ0v) is 11.5. The van der Waals surface area contributed by atoms with E-state index in [-0.39, 0.29) is 36.0 Å². The summed E-state index contributed by atoms with van der Waals surface area (Å²) in [4.78, 5) is 37.4. The average Bonchev–Trinajstić information content (AvgIpc) is 2.97. The lowest BCUT2D eigenvalue weighted by molar-refractivity contribution is -0.142. The molecule has 1 fully saturated rings. The van der Waals surface area contributed by atoms with Gasteiger partial charge in [-0.2, -0.15) is 0 Å². The van der Waals surface area contributed by atoms with Gasteiger partial charge in [0.15, 0.2) is 5.82 Å². The number of nitrogens with one attached hydrogen (secondary N) is 1. The number of amides is 3. The number of anilines is 1. The quantitative estimate of drug-likeness (QED) is 0.658. The van der Waals surface area contributed by atoms with Gasteiger partial charge >= 0.3 is 0 Å². The van der Waals surface area contributed by atoms with Gasteiger partial charge in [0.1, 0.15) is 12.3 Å². The highest BCUT2D eigenvalue weighted by molar-refractivity contribution is 6.08.